The van der Waals surface area contributed by atoms with Crippen LogP contribution in [-0.2, 0) is 4.79 Å². The SMILES string of the molecule is CC(CCO)CNC(=O)CCSc1ccc(Cl)cc1. The second kappa shape index (κ2) is 9.23. The summed E-state index contributed by atoms with van der Waals surface area (Å²) in [5.74, 6) is 1.13. The highest BCUT2D eigenvalue weighted by molar-refractivity contribution is 7.99. The Hall–Kier alpha value is -0.710. The summed E-state index contributed by atoms with van der Waals surface area (Å²) >= 11 is 7.44. The molecule has 0 aliphatic heterocycles. The van der Waals surface area contributed by atoms with Gasteiger partial charge in [-0.2, -0.15) is 0 Å². The Morgan fingerprint density at radius 3 is 2.74 bits per heavy atom. The van der Waals surface area contributed by atoms with Gasteiger partial charge in [-0.25, -0.2) is 0 Å². The number of aliphatic hydroxyl groups is 1. The molecule has 3 nitrogen and oxygen atoms in total. The van der Waals surface area contributed by atoms with E-state index in [9.17, 15) is 4.79 Å². The van der Waals surface area contributed by atoms with Crippen LogP contribution < -0.4 is 5.32 Å². The minimum absolute atomic E-state index is 0.0613. The Kier molecular flexibility index (Phi) is 7.94. The summed E-state index contributed by atoms with van der Waals surface area (Å²) in [6, 6.07) is 7.60. The van der Waals surface area contributed by atoms with Crippen LogP contribution in [0.4, 0.5) is 0 Å². The second-order valence-electron chi connectivity index (χ2n) is 4.47. The van der Waals surface area contributed by atoms with Crippen molar-refractivity contribution in [1.82, 2.24) is 5.32 Å². The number of aliphatic hydroxyl groups excluding tert-OH is 1. The van der Waals surface area contributed by atoms with E-state index in [1.165, 1.54) is 0 Å². The minimum atomic E-state index is 0.0613. The quantitative estimate of drug-likeness (QED) is 0.726. The molecular weight excluding hydrogens is 282 g/mol. The summed E-state index contributed by atoms with van der Waals surface area (Å²) in [6.07, 6.45) is 1.22. The fourth-order valence-corrected chi connectivity index (χ4v) is 2.47. The number of nitrogens with one attached hydrogen (secondary N) is 1. The van der Waals surface area contributed by atoms with Crippen molar-refractivity contribution in [3.63, 3.8) is 0 Å². The molecule has 0 saturated heterocycles. The second-order valence-corrected chi connectivity index (χ2v) is 6.08. The Bertz CT molecular complexity index is 384. The zero-order chi connectivity index (χ0) is 14.1. The maximum Gasteiger partial charge on any atom is 0.220 e. The lowest BCUT2D eigenvalue weighted by Gasteiger charge is -2.10. The number of halogens is 1. The number of carbonyl (C=O) groups is 1. The van der Waals surface area contributed by atoms with E-state index in [1.54, 1.807) is 11.8 Å². The van der Waals surface area contributed by atoms with Crippen LogP contribution in [-0.4, -0.2) is 29.9 Å². The molecule has 0 bridgehead atoms. The smallest absolute Gasteiger partial charge is 0.220 e. The summed E-state index contributed by atoms with van der Waals surface area (Å²) in [6.45, 7) is 2.81. The summed E-state index contributed by atoms with van der Waals surface area (Å²) in [4.78, 5) is 12.7. The van der Waals surface area contributed by atoms with Crippen LogP contribution in [0.15, 0.2) is 29.2 Å². The van der Waals surface area contributed by atoms with Gasteiger partial charge in [-0.15, -0.1) is 11.8 Å². The maximum absolute atomic E-state index is 11.6. The maximum atomic E-state index is 11.6. The van der Waals surface area contributed by atoms with E-state index >= 15 is 0 Å². The van der Waals surface area contributed by atoms with Gasteiger partial charge in [-0.05, 0) is 36.6 Å². The highest BCUT2D eigenvalue weighted by atomic mass is 35.5. The topological polar surface area (TPSA) is 49.3 Å². The van der Waals surface area contributed by atoms with Crippen molar-refractivity contribution in [3.05, 3.63) is 29.3 Å². The van der Waals surface area contributed by atoms with E-state index in [0.717, 1.165) is 22.1 Å². The predicted molar refractivity (Wildman–Crippen MR) is 80.7 cm³/mol. The molecule has 0 spiro atoms. The van der Waals surface area contributed by atoms with Gasteiger partial charge < -0.3 is 10.4 Å². The first-order valence-electron chi connectivity index (χ1n) is 6.37. The standard InChI is InChI=1S/C14H20ClNO2S/c1-11(6-8-17)10-16-14(18)7-9-19-13-4-2-12(15)3-5-13/h2-5,11,17H,6-10H2,1H3,(H,16,18). The zero-order valence-electron chi connectivity index (χ0n) is 11.1. The third-order valence-electron chi connectivity index (χ3n) is 2.68. The van der Waals surface area contributed by atoms with Gasteiger partial charge in [0.05, 0.1) is 0 Å². The lowest BCUT2D eigenvalue weighted by molar-refractivity contribution is -0.120. The Morgan fingerprint density at radius 2 is 2.11 bits per heavy atom. The molecule has 0 fully saturated rings. The number of hydrogen-bond donors (Lipinski definition) is 2. The Morgan fingerprint density at radius 1 is 1.42 bits per heavy atom. The molecule has 0 aromatic heterocycles. The molecule has 1 aromatic rings. The molecule has 0 radical (unpaired) electrons. The number of benzene rings is 1. The van der Waals surface area contributed by atoms with Gasteiger partial charge in [0.2, 0.25) is 5.91 Å². The van der Waals surface area contributed by atoms with Crippen LogP contribution in [0.1, 0.15) is 19.8 Å². The molecule has 2 N–H and O–H groups in total. The van der Waals surface area contributed by atoms with Crippen LogP contribution in [0.2, 0.25) is 5.02 Å². The largest absolute Gasteiger partial charge is 0.396 e. The molecular formula is C14H20ClNO2S. The molecule has 0 aliphatic carbocycles. The summed E-state index contributed by atoms with van der Waals surface area (Å²) in [5.41, 5.74) is 0. The number of carbonyl (C=O) groups excluding carboxylic acids is 1. The fourth-order valence-electron chi connectivity index (χ4n) is 1.49. The van der Waals surface area contributed by atoms with Gasteiger partial charge in [-0.3, -0.25) is 4.79 Å². The van der Waals surface area contributed by atoms with Crippen LogP contribution >= 0.6 is 23.4 Å². The van der Waals surface area contributed by atoms with Crippen molar-refractivity contribution in [3.8, 4) is 0 Å². The molecule has 1 rings (SSSR count). The van der Waals surface area contributed by atoms with E-state index in [2.05, 4.69) is 5.32 Å². The Balaban J connectivity index is 2.15. The molecule has 19 heavy (non-hydrogen) atoms. The molecule has 0 heterocycles. The van der Waals surface area contributed by atoms with Crippen molar-refractivity contribution in [2.75, 3.05) is 18.9 Å². The van der Waals surface area contributed by atoms with E-state index in [0.29, 0.717) is 18.9 Å². The number of rotatable bonds is 8. The number of hydrogen-bond acceptors (Lipinski definition) is 3. The summed E-state index contributed by atoms with van der Waals surface area (Å²) < 4.78 is 0. The average Bonchev–Trinajstić information content (AvgIpc) is 2.39. The van der Waals surface area contributed by atoms with Crippen LogP contribution in [0.5, 0.6) is 0 Å². The number of thioether (sulfide) groups is 1. The highest BCUT2D eigenvalue weighted by Gasteiger charge is 2.05. The van der Waals surface area contributed by atoms with Gasteiger partial charge in [0, 0.05) is 35.2 Å². The van der Waals surface area contributed by atoms with E-state index in [1.807, 2.05) is 31.2 Å². The van der Waals surface area contributed by atoms with E-state index in [-0.39, 0.29) is 12.5 Å². The number of amides is 1. The first-order valence-corrected chi connectivity index (χ1v) is 7.74. The molecule has 1 unspecified atom stereocenters. The lowest BCUT2D eigenvalue weighted by atomic mass is 10.1. The minimum Gasteiger partial charge on any atom is -0.396 e. The summed E-state index contributed by atoms with van der Waals surface area (Å²) in [5, 5.41) is 12.4. The normalized spacial score (nSPS) is 12.2. The van der Waals surface area contributed by atoms with Crippen LogP contribution in [0, 0.1) is 5.92 Å². The van der Waals surface area contributed by atoms with Crippen molar-refractivity contribution in [2.24, 2.45) is 5.92 Å². The molecule has 106 valence electrons. The molecule has 0 aliphatic rings. The van der Waals surface area contributed by atoms with Crippen molar-refractivity contribution in [2.45, 2.75) is 24.7 Å². The third kappa shape index (κ3) is 7.45. The highest BCUT2D eigenvalue weighted by Crippen LogP contribution is 2.20. The third-order valence-corrected chi connectivity index (χ3v) is 3.95. The lowest BCUT2D eigenvalue weighted by Crippen LogP contribution is -2.28. The summed E-state index contributed by atoms with van der Waals surface area (Å²) in [7, 11) is 0. The average molecular weight is 302 g/mol. The Labute approximate surface area is 123 Å². The molecule has 1 amide bonds. The van der Waals surface area contributed by atoms with Crippen molar-refractivity contribution in [1.29, 1.82) is 0 Å². The van der Waals surface area contributed by atoms with Crippen molar-refractivity contribution >= 4 is 29.3 Å². The molecule has 1 aromatic carbocycles. The monoisotopic (exact) mass is 301 g/mol. The molecule has 5 heteroatoms. The first-order chi connectivity index (χ1) is 9.11. The zero-order valence-corrected chi connectivity index (χ0v) is 12.6. The van der Waals surface area contributed by atoms with Gasteiger partial charge in [0.25, 0.3) is 0 Å². The van der Waals surface area contributed by atoms with Gasteiger partial charge in [0.1, 0.15) is 0 Å². The van der Waals surface area contributed by atoms with Crippen LogP contribution in [0.25, 0.3) is 0 Å². The van der Waals surface area contributed by atoms with Crippen LogP contribution in [0.3, 0.4) is 0 Å². The van der Waals surface area contributed by atoms with Gasteiger partial charge in [-0.1, -0.05) is 18.5 Å². The van der Waals surface area contributed by atoms with E-state index in [4.69, 9.17) is 16.7 Å². The van der Waals surface area contributed by atoms with E-state index < -0.39 is 0 Å². The fraction of sp³-hybridized carbons (Fsp3) is 0.500. The first kappa shape index (κ1) is 16.3. The molecule has 1 atom stereocenters. The van der Waals surface area contributed by atoms with Gasteiger partial charge in [0.15, 0.2) is 0 Å². The van der Waals surface area contributed by atoms with Gasteiger partial charge >= 0.3 is 0 Å². The molecule has 0 saturated carbocycles. The predicted octanol–water partition coefficient (Wildman–Crippen LogP) is 2.96. The van der Waals surface area contributed by atoms with Crippen molar-refractivity contribution < 1.29 is 9.90 Å².